The van der Waals surface area contributed by atoms with Gasteiger partial charge in [-0.2, -0.15) is 0 Å². The van der Waals surface area contributed by atoms with E-state index in [2.05, 4.69) is 10.3 Å². The predicted molar refractivity (Wildman–Crippen MR) is 98.7 cm³/mol. The van der Waals surface area contributed by atoms with Gasteiger partial charge in [-0.25, -0.2) is 9.37 Å². The molecule has 2 N–H and O–H groups in total. The molecule has 7 nitrogen and oxygen atoms in total. The molecule has 2 heterocycles. The topological polar surface area (TPSA) is 93.5 Å². The number of aromatic nitrogens is 2. The van der Waals surface area contributed by atoms with Crippen molar-refractivity contribution < 1.29 is 19.0 Å². The maximum absolute atomic E-state index is 13.7. The number of nitrogens with one attached hydrogen (secondary N) is 1. The van der Waals surface area contributed by atoms with Crippen LogP contribution in [0, 0.1) is 5.82 Å². The van der Waals surface area contributed by atoms with Gasteiger partial charge >= 0.3 is 0 Å². The third-order valence-electron chi connectivity index (χ3n) is 5.51. The minimum absolute atomic E-state index is 0.154. The average Bonchev–Trinajstić information content (AvgIpc) is 3.15. The van der Waals surface area contributed by atoms with E-state index >= 15 is 0 Å². The van der Waals surface area contributed by atoms with E-state index in [1.807, 2.05) is 0 Å². The number of fused-ring (bicyclic) bond motifs is 2. The molecule has 1 aliphatic heterocycles. The Morgan fingerprint density at radius 2 is 2.07 bits per heavy atom. The van der Waals surface area contributed by atoms with Crippen LogP contribution in [0.25, 0.3) is 0 Å². The van der Waals surface area contributed by atoms with Crippen LogP contribution in [0.1, 0.15) is 47.6 Å². The molecule has 1 aromatic heterocycles. The molecule has 0 radical (unpaired) electrons. The second kappa shape index (κ2) is 7.35. The summed E-state index contributed by atoms with van der Waals surface area (Å²) in [6, 6.07) is 6.32. The number of carbonyl (C=O) groups excluding carboxylic acids is 1. The number of amides is 1. The molecule has 1 spiro atoms. The Balaban J connectivity index is 1.58. The standard InChI is InChI=1S/C20H22FN3O4/c21-14-6-2-1-5-13(14)7-10-22-17(26)15-16(25)18(27)24-11-12-28-20(19(24)23-15)8-3-4-9-20/h1-2,5-6,25H,3-4,7-12H2,(H,22,26). The Hall–Kier alpha value is -2.74. The summed E-state index contributed by atoms with van der Waals surface area (Å²) in [6.07, 6.45) is 3.68. The SMILES string of the molecule is O=C(NCCc1ccccc1F)c1nc2n(c(=O)c1O)CCOC21CCCC1. The van der Waals surface area contributed by atoms with Crippen LogP contribution in [0.15, 0.2) is 29.1 Å². The van der Waals surface area contributed by atoms with Crippen molar-refractivity contribution in [2.75, 3.05) is 13.2 Å². The van der Waals surface area contributed by atoms with E-state index in [4.69, 9.17) is 4.74 Å². The first-order valence-corrected chi connectivity index (χ1v) is 9.52. The molecule has 148 valence electrons. The van der Waals surface area contributed by atoms with Gasteiger partial charge in [0.15, 0.2) is 5.69 Å². The number of carbonyl (C=O) groups is 1. The first-order chi connectivity index (χ1) is 13.5. The average molecular weight is 387 g/mol. The maximum Gasteiger partial charge on any atom is 0.296 e. The molecular weight excluding hydrogens is 365 g/mol. The van der Waals surface area contributed by atoms with Crippen molar-refractivity contribution in [3.8, 4) is 5.75 Å². The highest BCUT2D eigenvalue weighted by Crippen LogP contribution is 2.42. The molecule has 0 bridgehead atoms. The van der Waals surface area contributed by atoms with E-state index < -0.39 is 22.8 Å². The first kappa shape index (κ1) is 18.6. The molecule has 1 aromatic carbocycles. The van der Waals surface area contributed by atoms with Gasteiger partial charge in [0.05, 0.1) is 13.2 Å². The Kier molecular flexibility index (Phi) is 4.89. The number of hydrogen-bond acceptors (Lipinski definition) is 5. The van der Waals surface area contributed by atoms with E-state index in [-0.39, 0.29) is 24.5 Å². The van der Waals surface area contributed by atoms with Crippen LogP contribution in [-0.4, -0.2) is 33.7 Å². The second-order valence-electron chi connectivity index (χ2n) is 7.24. The van der Waals surface area contributed by atoms with Crippen LogP contribution in [0.5, 0.6) is 5.75 Å². The maximum atomic E-state index is 13.7. The number of nitrogens with zero attached hydrogens (tertiary/aromatic N) is 2. The molecule has 0 unspecified atom stereocenters. The fourth-order valence-electron chi connectivity index (χ4n) is 4.06. The first-order valence-electron chi connectivity index (χ1n) is 9.52. The molecule has 1 amide bonds. The highest BCUT2D eigenvalue weighted by Gasteiger charge is 2.44. The number of ether oxygens (including phenoxy) is 1. The van der Waals surface area contributed by atoms with Crippen molar-refractivity contribution in [2.24, 2.45) is 0 Å². The number of aromatic hydroxyl groups is 1. The summed E-state index contributed by atoms with van der Waals surface area (Å²) in [5, 5.41) is 12.9. The molecule has 2 aromatic rings. The van der Waals surface area contributed by atoms with Crippen LogP contribution < -0.4 is 10.9 Å². The highest BCUT2D eigenvalue weighted by atomic mass is 19.1. The van der Waals surface area contributed by atoms with Crippen LogP contribution in [0.3, 0.4) is 0 Å². The molecule has 1 aliphatic carbocycles. The third-order valence-corrected chi connectivity index (χ3v) is 5.51. The fourth-order valence-corrected chi connectivity index (χ4v) is 4.06. The van der Waals surface area contributed by atoms with E-state index in [0.29, 0.717) is 24.5 Å². The normalized spacial score (nSPS) is 17.5. The van der Waals surface area contributed by atoms with Gasteiger partial charge in [0.1, 0.15) is 17.2 Å². The summed E-state index contributed by atoms with van der Waals surface area (Å²) in [5.41, 5.74) is -1.11. The molecule has 4 rings (SSSR count). The summed E-state index contributed by atoms with van der Waals surface area (Å²) in [6.45, 7) is 0.828. The summed E-state index contributed by atoms with van der Waals surface area (Å²) in [7, 11) is 0. The molecule has 0 atom stereocenters. The molecule has 1 saturated carbocycles. The van der Waals surface area contributed by atoms with Gasteiger partial charge in [-0.15, -0.1) is 0 Å². The lowest BCUT2D eigenvalue weighted by Gasteiger charge is -2.35. The highest BCUT2D eigenvalue weighted by molar-refractivity contribution is 5.94. The van der Waals surface area contributed by atoms with Crippen molar-refractivity contribution in [2.45, 2.75) is 44.2 Å². The van der Waals surface area contributed by atoms with Gasteiger partial charge in [-0.1, -0.05) is 18.2 Å². The van der Waals surface area contributed by atoms with Crippen molar-refractivity contribution in [3.05, 3.63) is 57.5 Å². The van der Waals surface area contributed by atoms with Crippen LogP contribution >= 0.6 is 0 Å². The summed E-state index contributed by atoms with van der Waals surface area (Å²) in [5.74, 6) is -1.25. The molecule has 2 aliphatic rings. The molecule has 8 heteroatoms. The Morgan fingerprint density at radius 3 is 2.82 bits per heavy atom. The van der Waals surface area contributed by atoms with E-state index in [9.17, 15) is 19.1 Å². The zero-order chi connectivity index (χ0) is 19.7. The quantitative estimate of drug-likeness (QED) is 0.835. The second-order valence-corrected chi connectivity index (χ2v) is 7.24. The van der Waals surface area contributed by atoms with Crippen molar-refractivity contribution >= 4 is 5.91 Å². The monoisotopic (exact) mass is 387 g/mol. The third kappa shape index (κ3) is 3.17. The van der Waals surface area contributed by atoms with Crippen LogP contribution in [0.4, 0.5) is 4.39 Å². The summed E-state index contributed by atoms with van der Waals surface area (Å²) in [4.78, 5) is 29.5. The van der Waals surface area contributed by atoms with E-state index in [1.165, 1.54) is 10.6 Å². The number of hydrogen-bond donors (Lipinski definition) is 2. The Bertz CT molecular complexity index is 966. The van der Waals surface area contributed by atoms with E-state index in [1.54, 1.807) is 18.2 Å². The number of halogens is 1. The van der Waals surface area contributed by atoms with Gasteiger partial charge in [0.2, 0.25) is 5.75 Å². The van der Waals surface area contributed by atoms with Crippen LogP contribution in [0.2, 0.25) is 0 Å². The zero-order valence-electron chi connectivity index (χ0n) is 15.4. The minimum atomic E-state index is -0.665. The smallest absolute Gasteiger partial charge is 0.296 e. The molecule has 28 heavy (non-hydrogen) atoms. The minimum Gasteiger partial charge on any atom is -0.501 e. The lowest BCUT2D eigenvalue weighted by atomic mass is 9.99. The van der Waals surface area contributed by atoms with Gasteiger partial charge in [0, 0.05) is 6.54 Å². The Morgan fingerprint density at radius 1 is 1.32 bits per heavy atom. The predicted octanol–water partition coefficient (Wildman–Crippen LogP) is 1.86. The van der Waals surface area contributed by atoms with E-state index in [0.717, 1.165) is 25.7 Å². The molecule has 1 fully saturated rings. The zero-order valence-corrected chi connectivity index (χ0v) is 15.4. The van der Waals surface area contributed by atoms with Crippen molar-refractivity contribution in [1.29, 1.82) is 0 Å². The van der Waals surface area contributed by atoms with Crippen molar-refractivity contribution in [3.63, 3.8) is 0 Å². The van der Waals surface area contributed by atoms with Gasteiger partial charge < -0.3 is 15.2 Å². The number of rotatable bonds is 4. The summed E-state index contributed by atoms with van der Waals surface area (Å²) >= 11 is 0. The lowest BCUT2D eigenvalue weighted by Crippen LogP contribution is -2.44. The summed E-state index contributed by atoms with van der Waals surface area (Å²) < 4.78 is 21.1. The largest absolute Gasteiger partial charge is 0.501 e. The molecular formula is C20H22FN3O4. The number of benzene rings is 1. The fraction of sp³-hybridized carbons (Fsp3) is 0.450. The Labute approximate surface area is 161 Å². The molecule has 0 saturated heterocycles. The lowest BCUT2D eigenvalue weighted by molar-refractivity contribution is -0.0789. The van der Waals surface area contributed by atoms with Gasteiger partial charge in [-0.05, 0) is 43.7 Å². The van der Waals surface area contributed by atoms with Crippen LogP contribution in [-0.2, 0) is 23.3 Å². The van der Waals surface area contributed by atoms with Gasteiger partial charge in [0.25, 0.3) is 11.5 Å². The van der Waals surface area contributed by atoms with Crippen molar-refractivity contribution in [1.82, 2.24) is 14.9 Å². The van der Waals surface area contributed by atoms with Gasteiger partial charge in [-0.3, -0.25) is 14.2 Å².